The van der Waals surface area contributed by atoms with E-state index in [0.717, 1.165) is 25.7 Å². The first-order chi connectivity index (χ1) is 8.26. The van der Waals surface area contributed by atoms with Gasteiger partial charge < -0.3 is 10.1 Å². The average Bonchev–Trinajstić information content (AvgIpc) is 2.62. The summed E-state index contributed by atoms with van der Waals surface area (Å²) in [7, 11) is 0. The molecule has 1 N–H and O–H groups in total. The minimum absolute atomic E-state index is 0.197. The van der Waals surface area contributed by atoms with E-state index in [9.17, 15) is 9.59 Å². The number of hydrogen-bond acceptors (Lipinski definition) is 3. The number of Topliss-reactive ketones (excluding diaryl/α,β-unsaturated/α-hetero) is 1. The van der Waals surface area contributed by atoms with Crippen molar-refractivity contribution in [1.29, 1.82) is 0 Å². The van der Waals surface area contributed by atoms with Gasteiger partial charge in [-0.2, -0.15) is 0 Å². The van der Waals surface area contributed by atoms with Crippen LogP contribution in [0, 0.1) is 12.3 Å². The Morgan fingerprint density at radius 3 is 2.33 bits per heavy atom. The highest BCUT2D eigenvalue weighted by Crippen LogP contribution is 2.33. The number of ketones is 1. The van der Waals surface area contributed by atoms with Gasteiger partial charge in [0.2, 0.25) is 5.78 Å². The highest BCUT2D eigenvalue weighted by Gasteiger charge is 2.38. The number of ether oxygens (including phenoxy) is 1. The van der Waals surface area contributed by atoms with Crippen LogP contribution in [0.2, 0.25) is 0 Å². The quantitative estimate of drug-likeness (QED) is 0.619. The summed E-state index contributed by atoms with van der Waals surface area (Å²) < 4.78 is 5.23. The first-order valence-electron chi connectivity index (χ1n) is 6.27. The second-order valence-electron chi connectivity index (χ2n) is 5.86. The second kappa shape index (κ2) is 5.43. The fraction of sp³-hybridized carbons (Fsp3) is 0.714. The molecule has 0 spiro atoms. The molecule has 0 aromatic heterocycles. The Bertz CT molecular complexity index is 367. The fourth-order valence-electron chi connectivity index (χ4n) is 2.28. The molecule has 0 unspecified atom stereocenters. The molecule has 1 rings (SSSR count). The molecule has 18 heavy (non-hydrogen) atoms. The molecular weight excluding hydrogens is 230 g/mol. The van der Waals surface area contributed by atoms with Gasteiger partial charge in [0, 0.05) is 6.42 Å². The molecule has 1 fully saturated rings. The Balaban J connectivity index is 2.66. The van der Waals surface area contributed by atoms with Crippen LogP contribution in [-0.4, -0.2) is 23.0 Å². The number of alkyl carbamates (subject to hydrolysis) is 1. The van der Waals surface area contributed by atoms with Crippen LogP contribution in [0.1, 0.15) is 52.9 Å². The topological polar surface area (TPSA) is 55.4 Å². The summed E-state index contributed by atoms with van der Waals surface area (Å²) in [5.41, 5.74) is -1.05. The number of carbonyl (C=O) groups excluding carboxylic acids is 2. The zero-order valence-electron chi connectivity index (χ0n) is 11.3. The van der Waals surface area contributed by atoms with E-state index < -0.39 is 17.2 Å². The van der Waals surface area contributed by atoms with Crippen molar-refractivity contribution in [3.05, 3.63) is 0 Å². The third-order valence-electron chi connectivity index (χ3n) is 2.99. The first kappa shape index (κ1) is 14.6. The minimum atomic E-state index is -0.542. The minimum Gasteiger partial charge on any atom is -0.444 e. The summed E-state index contributed by atoms with van der Waals surface area (Å²) in [4.78, 5) is 23.2. The molecule has 0 radical (unpaired) electrons. The molecule has 4 heteroatoms. The van der Waals surface area contributed by atoms with Crippen molar-refractivity contribution in [2.75, 3.05) is 0 Å². The summed E-state index contributed by atoms with van der Waals surface area (Å²) in [5.74, 6) is 1.84. The molecule has 1 amide bonds. The maximum Gasteiger partial charge on any atom is 0.408 e. The molecule has 4 nitrogen and oxygen atoms in total. The molecule has 0 heterocycles. The monoisotopic (exact) mass is 251 g/mol. The van der Waals surface area contributed by atoms with Gasteiger partial charge in [0.1, 0.15) is 5.60 Å². The number of carbonyl (C=O) groups is 2. The van der Waals surface area contributed by atoms with E-state index in [1.54, 1.807) is 20.8 Å². The lowest BCUT2D eigenvalue weighted by Gasteiger charge is -2.30. The lowest BCUT2D eigenvalue weighted by atomic mass is 9.91. The van der Waals surface area contributed by atoms with E-state index >= 15 is 0 Å². The van der Waals surface area contributed by atoms with Gasteiger partial charge in [0.25, 0.3) is 0 Å². The molecule has 100 valence electrons. The number of amides is 1. The van der Waals surface area contributed by atoms with Crippen LogP contribution in [0.3, 0.4) is 0 Å². The summed E-state index contributed by atoms with van der Waals surface area (Å²) in [6.07, 6.45) is 8.36. The van der Waals surface area contributed by atoms with Crippen LogP contribution in [-0.2, 0) is 9.53 Å². The Hall–Kier alpha value is -1.50. The van der Waals surface area contributed by atoms with E-state index in [-0.39, 0.29) is 12.2 Å². The zero-order chi connectivity index (χ0) is 13.8. The van der Waals surface area contributed by atoms with Crippen molar-refractivity contribution < 1.29 is 14.3 Å². The fourth-order valence-corrected chi connectivity index (χ4v) is 2.28. The molecule has 0 bridgehead atoms. The number of terminal acetylenes is 1. The normalized spacial score (nSPS) is 17.9. The van der Waals surface area contributed by atoms with Gasteiger partial charge >= 0.3 is 6.09 Å². The molecule has 0 aromatic rings. The van der Waals surface area contributed by atoms with E-state index in [2.05, 4.69) is 11.2 Å². The zero-order valence-corrected chi connectivity index (χ0v) is 11.3. The maximum absolute atomic E-state index is 11.8. The number of hydrogen-bond donors (Lipinski definition) is 1. The third kappa shape index (κ3) is 4.40. The van der Waals surface area contributed by atoms with Crippen LogP contribution in [0.4, 0.5) is 4.79 Å². The summed E-state index contributed by atoms with van der Waals surface area (Å²) in [6.45, 7) is 5.42. The third-order valence-corrected chi connectivity index (χ3v) is 2.99. The molecule has 0 aromatic carbocycles. The Kier molecular flexibility index (Phi) is 4.39. The van der Waals surface area contributed by atoms with Crippen LogP contribution in [0.25, 0.3) is 0 Å². The highest BCUT2D eigenvalue weighted by atomic mass is 16.6. The maximum atomic E-state index is 11.8. The molecular formula is C14H21NO3. The van der Waals surface area contributed by atoms with Gasteiger partial charge in [0.05, 0.1) is 5.54 Å². The van der Waals surface area contributed by atoms with Crippen LogP contribution in [0.5, 0.6) is 0 Å². The van der Waals surface area contributed by atoms with E-state index in [1.807, 2.05) is 0 Å². The van der Waals surface area contributed by atoms with Crippen molar-refractivity contribution in [2.24, 2.45) is 0 Å². The van der Waals surface area contributed by atoms with E-state index in [0.29, 0.717) is 0 Å². The molecule has 1 aliphatic rings. The van der Waals surface area contributed by atoms with Crippen LogP contribution >= 0.6 is 0 Å². The SMILES string of the molecule is C#CC(=O)CC1(NC(=O)OC(C)(C)C)CCCC1. The molecule has 1 saturated carbocycles. The lowest BCUT2D eigenvalue weighted by Crippen LogP contribution is -2.49. The largest absolute Gasteiger partial charge is 0.444 e. The Morgan fingerprint density at radius 2 is 1.89 bits per heavy atom. The predicted octanol–water partition coefficient (Wildman–Crippen LogP) is 2.42. The van der Waals surface area contributed by atoms with Gasteiger partial charge in [0.15, 0.2) is 0 Å². The Morgan fingerprint density at radius 1 is 1.33 bits per heavy atom. The highest BCUT2D eigenvalue weighted by molar-refractivity contribution is 5.95. The standard InChI is InChI=1S/C14H21NO3/c1-5-11(16)10-14(8-6-7-9-14)15-12(17)18-13(2,3)4/h1H,6-10H2,2-4H3,(H,15,17). The molecule has 0 aliphatic heterocycles. The van der Waals surface area contributed by atoms with Crippen molar-refractivity contribution in [1.82, 2.24) is 5.32 Å². The second-order valence-corrected chi connectivity index (χ2v) is 5.86. The average molecular weight is 251 g/mol. The van der Waals surface area contributed by atoms with Crippen LogP contribution in [0.15, 0.2) is 0 Å². The smallest absolute Gasteiger partial charge is 0.408 e. The first-order valence-corrected chi connectivity index (χ1v) is 6.27. The summed E-state index contributed by atoms with van der Waals surface area (Å²) in [6, 6.07) is 0. The Labute approximate surface area is 108 Å². The van der Waals surface area contributed by atoms with E-state index in [4.69, 9.17) is 11.2 Å². The summed E-state index contributed by atoms with van der Waals surface area (Å²) >= 11 is 0. The predicted molar refractivity (Wildman–Crippen MR) is 69.0 cm³/mol. The van der Waals surface area contributed by atoms with Crippen molar-refractivity contribution in [3.63, 3.8) is 0 Å². The molecule has 0 saturated heterocycles. The van der Waals surface area contributed by atoms with E-state index in [1.165, 1.54) is 0 Å². The van der Waals surface area contributed by atoms with Crippen LogP contribution < -0.4 is 5.32 Å². The van der Waals surface area contributed by atoms with Gasteiger partial charge in [-0.3, -0.25) is 4.79 Å². The molecule has 1 aliphatic carbocycles. The van der Waals surface area contributed by atoms with Gasteiger partial charge in [-0.05, 0) is 39.5 Å². The van der Waals surface area contributed by atoms with Crippen molar-refractivity contribution in [2.45, 2.75) is 64.0 Å². The number of rotatable bonds is 3. The van der Waals surface area contributed by atoms with Crippen molar-refractivity contribution >= 4 is 11.9 Å². The summed E-state index contributed by atoms with van der Waals surface area (Å²) in [5, 5.41) is 2.84. The lowest BCUT2D eigenvalue weighted by molar-refractivity contribution is -0.115. The molecule has 0 atom stereocenters. The number of nitrogens with one attached hydrogen (secondary N) is 1. The van der Waals surface area contributed by atoms with Gasteiger partial charge in [-0.25, -0.2) is 4.79 Å². The van der Waals surface area contributed by atoms with Gasteiger partial charge in [-0.1, -0.05) is 12.8 Å². The van der Waals surface area contributed by atoms with Gasteiger partial charge in [-0.15, -0.1) is 6.42 Å². The van der Waals surface area contributed by atoms with Crippen molar-refractivity contribution in [3.8, 4) is 12.3 Å².